The Labute approximate surface area is 166 Å². The first-order valence-electron chi connectivity index (χ1n) is 7.98. The van der Waals surface area contributed by atoms with Crippen LogP contribution in [0.1, 0.15) is 51.4 Å². The SMILES string of the molecule is CCOC(=O)c1cccc(C(=O)c2c(Br)c(Br)c3n2CCC3C(=O)O)c1. The summed E-state index contributed by atoms with van der Waals surface area (Å²) in [6.07, 6.45) is 0.430. The van der Waals surface area contributed by atoms with E-state index >= 15 is 0 Å². The molecule has 1 aromatic carbocycles. The lowest BCUT2D eigenvalue weighted by molar-refractivity contribution is -0.138. The number of esters is 1. The minimum Gasteiger partial charge on any atom is -0.481 e. The molecule has 0 saturated carbocycles. The summed E-state index contributed by atoms with van der Waals surface area (Å²) in [7, 11) is 0. The molecule has 1 unspecified atom stereocenters. The zero-order valence-electron chi connectivity index (χ0n) is 13.8. The van der Waals surface area contributed by atoms with E-state index in [-0.39, 0.29) is 12.4 Å². The largest absolute Gasteiger partial charge is 0.481 e. The van der Waals surface area contributed by atoms with Crippen molar-refractivity contribution in [1.29, 1.82) is 0 Å². The van der Waals surface area contributed by atoms with E-state index in [9.17, 15) is 19.5 Å². The van der Waals surface area contributed by atoms with Gasteiger partial charge >= 0.3 is 11.9 Å². The van der Waals surface area contributed by atoms with Crippen molar-refractivity contribution >= 4 is 49.6 Å². The number of benzene rings is 1. The molecule has 26 heavy (non-hydrogen) atoms. The Bertz CT molecular complexity index is 919. The number of halogens is 2. The number of aromatic nitrogens is 1. The molecule has 8 heteroatoms. The van der Waals surface area contributed by atoms with Crippen molar-refractivity contribution in [2.75, 3.05) is 6.61 Å². The van der Waals surface area contributed by atoms with Gasteiger partial charge in [-0.05, 0) is 57.3 Å². The predicted molar refractivity (Wildman–Crippen MR) is 101 cm³/mol. The fourth-order valence-corrected chi connectivity index (χ4v) is 4.42. The van der Waals surface area contributed by atoms with E-state index in [1.54, 1.807) is 29.7 Å². The van der Waals surface area contributed by atoms with Crippen LogP contribution < -0.4 is 0 Å². The molecule has 0 bridgehead atoms. The number of nitrogens with zero attached hydrogens (tertiary/aromatic N) is 1. The summed E-state index contributed by atoms with van der Waals surface area (Å²) in [5.74, 6) is -2.36. The first-order valence-corrected chi connectivity index (χ1v) is 9.57. The number of carbonyl (C=O) groups excluding carboxylic acids is 2. The highest BCUT2D eigenvalue weighted by Gasteiger charge is 2.37. The van der Waals surface area contributed by atoms with Crippen LogP contribution in [0.15, 0.2) is 33.2 Å². The average Bonchev–Trinajstić information content (AvgIpc) is 3.15. The van der Waals surface area contributed by atoms with Gasteiger partial charge in [0.25, 0.3) is 0 Å². The molecule has 1 N–H and O–H groups in total. The molecule has 1 aliphatic rings. The van der Waals surface area contributed by atoms with Crippen LogP contribution in [0.2, 0.25) is 0 Å². The number of hydrogen-bond donors (Lipinski definition) is 1. The average molecular weight is 485 g/mol. The molecule has 3 rings (SSSR count). The molecule has 1 aromatic heterocycles. The van der Waals surface area contributed by atoms with Gasteiger partial charge in [0.05, 0.1) is 27.0 Å². The van der Waals surface area contributed by atoms with Gasteiger partial charge in [-0.2, -0.15) is 0 Å². The summed E-state index contributed by atoms with van der Waals surface area (Å²) >= 11 is 6.80. The summed E-state index contributed by atoms with van der Waals surface area (Å²) in [5.41, 5.74) is 1.58. The molecule has 1 atom stereocenters. The van der Waals surface area contributed by atoms with Crippen LogP contribution in [0.25, 0.3) is 0 Å². The van der Waals surface area contributed by atoms with Crippen LogP contribution in [-0.2, 0) is 16.1 Å². The maximum atomic E-state index is 13.1. The number of carbonyl (C=O) groups is 3. The lowest BCUT2D eigenvalue weighted by Crippen LogP contribution is -2.12. The number of ketones is 1. The topological polar surface area (TPSA) is 85.6 Å². The predicted octanol–water partition coefficient (Wildman–Crippen LogP) is 3.99. The molecule has 0 spiro atoms. The van der Waals surface area contributed by atoms with E-state index in [1.165, 1.54) is 6.07 Å². The first-order chi connectivity index (χ1) is 12.4. The van der Waals surface area contributed by atoms with Crippen LogP contribution in [0.4, 0.5) is 0 Å². The van der Waals surface area contributed by atoms with E-state index in [0.717, 1.165) is 0 Å². The van der Waals surface area contributed by atoms with E-state index in [2.05, 4.69) is 31.9 Å². The van der Waals surface area contributed by atoms with E-state index in [4.69, 9.17) is 4.74 Å². The van der Waals surface area contributed by atoms with E-state index < -0.39 is 17.9 Å². The molecule has 0 amide bonds. The van der Waals surface area contributed by atoms with Crippen LogP contribution in [0, 0.1) is 0 Å². The fourth-order valence-electron chi connectivity index (χ4n) is 3.14. The molecule has 6 nitrogen and oxygen atoms in total. The minimum absolute atomic E-state index is 0.248. The van der Waals surface area contributed by atoms with Gasteiger partial charge in [-0.1, -0.05) is 12.1 Å². The molecule has 136 valence electrons. The van der Waals surface area contributed by atoms with Gasteiger partial charge in [-0.25, -0.2) is 4.79 Å². The Morgan fingerprint density at radius 2 is 1.92 bits per heavy atom. The van der Waals surface area contributed by atoms with E-state index in [0.29, 0.717) is 44.4 Å². The highest BCUT2D eigenvalue weighted by atomic mass is 79.9. The lowest BCUT2D eigenvalue weighted by Gasteiger charge is -2.08. The zero-order chi connectivity index (χ0) is 19.0. The quantitative estimate of drug-likeness (QED) is 0.512. The van der Waals surface area contributed by atoms with Gasteiger partial charge in [0.2, 0.25) is 5.78 Å². The summed E-state index contributed by atoms with van der Waals surface area (Å²) in [5, 5.41) is 9.40. The highest BCUT2D eigenvalue weighted by Crippen LogP contribution is 2.43. The third-order valence-corrected chi connectivity index (χ3v) is 6.41. The summed E-state index contributed by atoms with van der Waals surface area (Å²) in [6, 6.07) is 6.32. The third-order valence-electron chi connectivity index (χ3n) is 4.31. The van der Waals surface area contributed by atoms with Crippen LogP contribution >= 0.6 is 31.9 Å². The van der Waals surface area contributed by atoms with Crippen molar-refractivity contribution in [2.45, 2.75) is 25.8 Å². The van der Waals surface area contributed by atoms with Crippen molar-refractivity contribution in [2.24, 2.45) is 0 Å². The number of hydrogen-bond acceptors (Lipinski definition) is 4. The van der Waals surface area contributed by atoms with Crippen molar-refractivity contribution in [3.63, 3.8) is 0 Å². The van der Waals surface area contributed by atoms with Gasteiger partial charge in [-0.3, -0.25) is 9.59 Å². The summed E-state index contributed by atoms with van der Waals surface area (Å²) < 4.78 is 7.80. The summed E-state index contributed by atoms with van der Waals surface area (Å²) in [6.45, 7) is 2.40. The van der Waals surface area contributed by atoms with Crippen LogP contribution in [-0.4, -0.2) is 34.0 Å². The Kier molecular flexibility index (Phi) is 5.34. The molecule has 0 radical (unpaired) electrons. The number of ether oxygens (including phenoxy) is 1. The third kappa shape index (κ3) is 3.12. The molecule has 0 saturated heterocycles. The maximum Gasteiger partial charge on any atom is 0.338 e. The normalized spacial score (nSPS) is 15.6. The van der Waals surface area contributed by atoms with Crippen molar-refractivity contribution < 1.29 is 24.2 Å². The molecular formula is C18H15Br2NO5. The van der Waals surface area contributed by atoms with Gasteiger partial charge in [0.15, 0.2) is 0 Å². The number of carboxylic acid groups (broad SMARTS) is 1. The van der Waals surface area contributed by atoms with Crippen molar-refractivity contribution in [3.05, 3.63) is 55.7 Å². The minimum atomic E-state index is -0.919. The second kappa shape index (κ2) is 7.36. The first kappa shape index (κ1) is 18.8. The molecule has 2 heterocycles. The van der Waals surface area contributed by atoms with Crippen LogP contribution in [0.5, 0.6) is 0 Å². The number of aliphatic carboxylic acids is 1. The summed E-state index contributed by atoms with van der Waals surface area (Å²) in [4.78, 5) is 36.5. The van der Waals surface area contributed by atoms with Gasteiger partial charge in [-0.15, -0.1) is 0 Å². The lowest BCUT2D eigenvalue weighted by atomic mass is 10.0. The standard InChI is InChI=1S/C18H15Br2NO5/c1-2-26-18(25)10-5-3-4-9(8-10)16(22)15-13(20)12(19)14-11(17(23)24)6-7-21(14)15/h3-5,8,11H,2,6-7H2,1H3,(H,23,24). The zero-order valence-corrected chi connectivity index (χ0v) is 17.0. The number of fused-ring (bicyclic) bond motifs is 1. The number of carboxylic acids is 1. The van der Waals surface area contributed by atoms with Gasteiger partial charge in [0, 0.05) is 17.8 Å². The van der Waals surface area contributed by atoms with Gasteiger partial charge in [0.1, 0.15) is 5.69 Å². The molecular weight excluding hydrogens is 470 g/mol. The highest BCUT2D eigenvalue weighted by molar-refractivity contribution is 9.13. The Balaban J connectivity index is 2.04. The monoisotopic (exact) mass is 483 g/mol. The molecule has 2 aromatic rings. The second-order valence-electron chi connectivity index (χ2n) is 5.82. The Morgan fingerprint density at radius 3 is 2.58 bits per heavy atom. The van der Waals surface area contributed by atoms with Crippen molar-refractivity contribution in [3.8, 4) is 0 Å². The van der Waals surface area contributed by atoms with Gasteiger partial charge < -0.3 is 14.4 Å². The molecule has 0 aliphatic carbocycles. The number of rotatable bonds is 5. The van der Waals surface area contributed by atoms with E-state index in [1.807, 2.05) is 0 Å². The smallest absolute Gasteiger partial charge is 0.338 e. The maximum absolute atomic E-state index is 13.1. The molecule has 1 aliphatic heterocycles. The van der Waals surface area contributed by atoms with Crippen molar-refractivity contribution in [1.82, 2.24) is 4.57 Å². The Morgan fingerprint density at radius 1 is 1.23 bits per heavy atom. The second-order valence-corrected chi connectivity index (χ2v) is 7.41. The Hall–Kier alpha value is -1.93. The fraction of sp³-hybridized carbons (Fsp3) is 0.278. The molecule has 0 fully saturated rings. The van der Waals surface area contributed by atoms with Crippen LogP contribution in [0.3, 0.4) is 0 Å².